The van der Waals surface area contributed by atoms with Crippen molar-refractivity contribution in [3.8, 4) is 16.9 Å². The Bertz CT molecular complexity index is 959. The van der Waals surface area contributed by atoms with Gasteiger partial charge in [0.15, 0.2) is 0 Å². The highest BCUT2D eigenvalue weighted by molar-refractivity contribution is 6.33. The summed E-state index contributed by atoms with van der Waals surface area (Å²) in [5.41, 5.74) is 10.7. The quantitative estimate of drug-likeness (QED) is 0.697. The van der Waals surface area contributed by atoms with Gasteiger partial charge in [0.25, 0.3) is 5.91 Å². The van der Waals surface area contributed by atoms with Gasteiger partial charge in [-0.15, -0.1) is 0 Å². The van der Waals surface area contributed by atoms with Crippen LogP contribution in [0.2, 0.25) is 5.02 Å². The Hall–Kier alpha value is -2.72. The molecule has 4 nitrogen and oxygen atoms in total. The van der Waals surface area contributed by atoms with E-state index >= 15 is 0 Å². The Morgan fingerprint density at radius 3 is 2.35 bits per heavy atom. The number of phenolic OH excluding ortho intramolecular Hbond substituents is 1. The number of hydrogen-bond acceptors (Lipinski definition) is 2. The highest BCUT2D eigenvalue weighted by Crippen LogP contribution is 2.36. The molecule has 134 valence electrons. The maximum atomic E-state index is 12.1. The summed E-state index contributed by atoms with van der Waals surface area (Å²) >= 11 is 6.37. The van der Waals surface area contributed by atoms with Crippen LogP contribution < -0.4 is 5.73 Å². The Labute approximate surface area is 157 Å². The van der Waals surface area contributed by atoms with E-state index in [1.54, 1.807) is 12.1 Å². The van der Waals surface area contributed by atoms with Crippen LogP contribution in [0.25, 0.3) is 11.1 Å². The first kappa shape index (κ1) is 18.1. The Balaban J connectivity index is 2.04. The zero-order valence-electron chi connectivity index (χ0n) is 14.8. The van der Waals surface area contributed by atoms with Crippen molar-refractivity contribution in [2.75, 3.05) is 0 Å². The van der Waals surface area contributed by atoms with Gasteiger partial charge in [0.1, 0.15) is 5.75 Å². The molecule has 0 spiro atoms. The second kappa shape index (κ2) is 7.26. The predicted molar refractivity (Wildman–Crippen MR) is 105 cm³/mol. The average molecular weight is 369 g/mol. The molecule has 0 radical (unpaired) electrons. The smallest absolute Gasteiger partial charge is 0.251 e. The summed E-state index contributed by atoms with van der Waals surface area (Å²) in [4.78, 5) is 12.1. The van der Waals surface area contributed by atoms with Crippen LogP contribution in [0.3, 0.4) is 0 Å². The number of halogens is 1. The Morgan fingerprint density at radius 1 is 1.08 bits per heavy atom. The van der Waals surface area contributed by atoms with Gasteiger partial charge in [-0.3, -0.25) is 4.79 Å². The highest BCUT2D eigenvalue weighted by Gasteiger charge is 2.23. The van der Waals surface area contributed by atoms with Gasteiger partial charge in [0.2, 0.25) is 0 Å². The molecule has 0 aliphatic heterocycles. The molecule has 0 saturated carbocycles. The number of hydrogen-bond donors (Lipinski definition) is 2. The first-order valence-corrected chi connectivity index (χ1v) is 8.80. The van der Waals surface area contributed by atoms with Gasteiger partial charge in [-0.2, -0.15) is 0 Å². The molecule has 0 aliphatic rings. The third-order valence-electron chi connectivity index (χ3n) is 4.73. The monoisotopic (exact) mass is 368 g/mol. The number of carbonyl (C=O) groups is 1. The standard InChI is InChI=1S/C21H21ClN2O2/c1-13-19(17-5-3-4-6-18(17)22)20(21(23)26)14(2)24(13)12-11-15-7-9-16(25)10-8-15/h3-10,25H,11-12H2,1-2H3,(H2,23,26). The van der Waals surface area contributed by atoms with Crippen molar-refractivity contribution in [2.24, 2.45) is 5.73 Å². The number of carbonyl (C=O) groups excluding carboxylic acids is 1. The number of rotatable bonds is 5. The Morgan fingerprint density at radius 2 is 1.73 bits per heavy atom. The normalized spacial score (nSPS) is 10.9. The van der Waals surface area contributed by atoms with Crippen molar-refractivity contribution in [1.82, 2.24) is 4.57 Å². The van der Waals surface area contributed by atoms with Gasteiger partial charge >= 0.3 is 0 Å². The number of benzene rings is 2. The van der Waals surface area contributed by atoms with Crippen LogP contribution >= 0.6 is 11.6 Å². The van der Waals surface area contributed by atoms with Crippen molar-refractivity contribution >= 4 is 17.5 Å². The summed E-state index contributed by atoms with van der Waals surface area (Å²) in [6.07, 6.45) is 0.775. The largest absolute Gasteiger partial charge is 0.508 e. The SMILES string of the molecule is Cc1c(C(N)=O)c(-c2ccccc2Cl)c(C)n1CCc1ccc(O)cc1. The van der Waals surface area contributed by atoms with Crippen LogP contribution in [0, 0.1) is 13.8 Å². The lowest BCUT2D eigenvalue weighted by Gasteiger charge is -2.10. The van der Waals surface area contributed by atoms with E-state index in [0.29, 0.717) is 17.1 Å². The summed E-state index contributed by atoms with van der Waals surface area (Å²) in [6.45, 7) is 4.59. The number of aromatic nitrogens is 1. The van der Waals surface area contributed by atoms with Crippen LogP contribution in [0.5, 0.6) is 5.75 Å². The van der Waals surface area contributed by atoms with Crippen molar-refractivity contribution in [1.29, 1.82) is 0 Å². The first-order chi connectivity index (χ1) is 12.4. The van der Waals surface area contributed by atoms with Crippen molar-refractivity contribution in [3.05, 3.63) is 76.1 Å². The summed E-state index contributed by atoms with van der Waals surface area (Å²) in [5.74, 6) is -0.206. The molecule has 3 aromatic rings. The molecule has 2 aromatic carbocycles. The van der Waals surface area contributed by atoms with Crippen LogP contribution in [-0.2, 0) is 13.0 Å². The zero-order chi connectivity index (χ0) is 18.8. The third kappa shape index (κ3) is 3.33. The number of primary amides is 1. The molecule has 1 heterocycles. The molecule has 0 saturated heterocycles. The van der Waals surface area contributed by atoms with E-state index in [2.05, 4.69) is 4.57 Å². The predicted octanol–water partition coefficient (Wildman–Crippen LogP) is 4.47. The maximum Gasteiger partial charge on any atom is 0.251 e. The molecule has 0 unspecified atom stereocenters. The zero-order valence-corrected chi connectivity index (χ0v) is 15.5. The van der Waals surface area contributed by atoms with E-state index < -0.39 is 5.91 Å². The number of nitrogens with zero attached hydrogens (tertiary/aromatic N) is 1. The van der Waals surface area contributed by atoms with Crippen molar-refractivity contribution in [3.63, 3.8) is 0 Å². The molecule has 1 aromatic heterocycles. The second-order valence-electron chi connectivity index (χ2n) is 6.33. The third-order valence-corrected chi connectivity index (χ3v) is 5.06. The lowest BCUT2D eigenvalue weighted by Crippen LogP contribution is -2.14. The number of aryl methyl sites for hydroxylation is 1. The second-order valence-corrected chi connectivity index (χ2v) is 6.74. The minimum atomic E-state index is -0.455. The Kier molecular flexibility index (Phi) is 5.05. The van der Waals surface area contributed by atoms with Gasteiger partial charge in [0, 0.05) is 34.1 Å². The van der Waals surface area contributed by atoms with Crippen LogP contribution in [-0.4, -0.2) is 15.6 Å². The molecule has 0 aliphatic carbocycles. The molecule has 5 heteroatoms. The summed E-state index contributed by atoms with van der Waals surface area (Å²) in [7, 11) is 0. The van der Waals surface area contributed by atoms with Crippen molar-refractivity contribution < 1.29 is 9.90 Å². The molecular formula is C21H21ClN2O2. The molecule has 26 heavy (non-hydrogen) atoms. The fraction of sp³-hybridized carbons (Fsp3) is 0.190. The number of nitrogens with two attached hydrogens (primary N) is 1. The number of amides is 1. The van der Waals surface area contributed by atoms with Gasteiger partial charge in [-0.05, 0) is 44.0 Å². The molecule has 3 N–H and O–H groups in total. The number of phenols is 1. The van der Waals surface area contributed by atoms with E-state index in [0.717, 1.165) is 34.5 Å². The average Bonchev–Trinajstić information content (AvgIpc) is 2.85. The first-order valence-electron chi connectivity index (χ1n) is 8.42. The summed E-state index contributed by atoms with van der Waals surface area (Å²) in [5, 5.41) is 10.0. The fourth-order valence-corrected chi connectivity index (χ4v) is 3.65. The van der Waals surface area contributed by atoms with Gasteiger partial charge in [-0.1, -0.05) is 41.9 Å². The molecule has 0 fully saturated rings. The fourth-order valence-electron chi connectivity index (χ4n) is 3.42. The van der Waals surface area contributed by atoms with E-state index in [1.807, 2.05) is 50.2 Å². The van der Waals surface area contributed by atoms with E-state index in [-0.39, 0.29) is 5.75 Å². The molecule has 0 atom stereocenters. The molecule has 0 bridgehead atoms. The van der Waals surface area contributed by atoms with Gasteiger partial charge < -0.3 is 15.4 Å². The minimum Gasteiger partial charge on any atom is -0.508 e. The maximum absolute atomic E-state index is 12.1. The van der Waals surface area contributed by atoms with E-state index in [1.165, 1.54) is 0 Å². The van der Waals surface area contributed by atoms with E-state index in [4.69, 9.17) is 17.3 Å². The van der Waals surface area contributed by atoms with Gasteiger partial charge in [0.05, 0.1) is 5.56 Å². The number of aromatic hydroxyl groups is 1. The topological polar surface area (TPSA) is 68.2 Å². The summed E-state index contributed by atoms with van der Waals surface area (Å²) < 4.78 is 2.10. The lowest BCUT2D eigenvalue weighted by molar-refractivity contribution is 0.1000. The minimum absolute atomic E-state index is 0.249. The van der Waals surface area contributed by atoms with Crippen LogP contribution in [0.1, 0.15) is 27.3 Å². The van der Waals surface area contributed by atoms with Crippen LogP contribution in [0.4, 0.5) is 0 Å². The van der Waals surface area contributed by atoms with Gasteiger partial charge in [-0.25, -0.2) is 0 Å². The lowest BCUT2D eigenvalue weighted by atomic mass is 10.00. The highest BCUT2D eigenvalue weighted by atomic mass is 35.5. The summed E-state index contributed by atoms with van der Waals surface area (Å²) in [6, 6.07) is 14.6. The van der Waals surface area contributed by atoms with Crippen LogP contribution in [0.15, 0.2) is 48.5 Å². The molecule has 3 rings (SSSR count). The molecule has 1 amide bonds. The van der Waals surface area contributed by atoms with E-state index in [9.17, 15) is 9.90 Å². The molecular weight excluding hydrogens is 348 g/mol. The van der Waals surface area contributed by atoms with Crippen molar-refractivity contribution in [2.45, 2.75) is 26.8 Å².